The summed E-state index contributed by atoms with van der Waals surface area (Å²) in [7, 11) is 3.16. The van der Waals surface area contributed by atoms with E-state index in [-0.39, 0.29) is 13.2 Å². The highest BCUT2D eigenvalue weighted by Crippen LogP contribution is 2.37. The minimum absolute atomic E-state index is 0.180. The highest BCUT2D eigenvalue weighted by molar-refractivity contribution is 6.10. The van der Waals surface area contributed by atoms with Crippen LogP contribution in [0.5, 0.6) is 17.2 Å². The van der Waals surface area contributed by atoms with E-state index in [2.05, 4.69) is 15.0 Å². The van der Waals surface area contributed by atoms with Gasteiger partial charge in [0, 0.05) is 40.3 Å². The number of aromatic nitrogens is 3. The number of ether oxygens (including phenoxy) is 3. The van der Waals surface area contributed by atoms with E-state index in [4.69, 9.17) is 19.9 Å². The van der Waals surface area contributed by atoms with Crippen LogP contribution in [0.3, 0.4) is 0 Å². The van der Waals surface area contributed by atoms with Crippen molar-refractivity contribution in [2.45, 2.75) is 26.3 Å². The van der Waals surface area contributed by atoms with Crippen LogP contribution in [0.1, 0.15) is 20.8 Å². The Balaban J connectivity index is 1.68. The number of pyridine rings is 3. The molecule has 0 saturated carbocycles. The molecule has 0 unspecified atom stereocenters. The van der Waals surface area contributed by atoms with Crippen molar-refractivity contribution in [1.29, 1.82) is 0 Å². The third kappa shape index (κ3) is 4.88. The minimum Gasteiger partial charge on any atom is -0.493 e. The fourth-order valence-electron chi connectivity index (χ4n) is 4.02. The molecule has 10 heteroatoms. The molecular formula is C26H29N5O5. The van der Waals surface area contributed by atoms with Gasteiger partial charge in [0.25, 0.3) is 0 Å². The predicted molar refractivity (Wildman–Crippen MR) is 138 cm³/mol. The molecule has 0 atom stereocenters. The van der Waals surface area contributed by atoms with Crippen LogP contribution in [0.15, 0.2) is 42.9 Å². The van der Waals surface area contributed by atoms with Crippen molar-refractivity contribution in [1.82, 2.24) is 19.9 Å². The summed E-state index contributed by atoms with van der Waals surface area (Å²) in [6.45, 7) is 5.91. The van der Waals surface area contributed by atoms with Gasteiger partial charge in [-0.05, 0) is 44.4 Å². The number of nitrogens with two attached hydrogens (primary N) is 1. The molecule has 188 valence electrons. The van der Waals surface area contributed by atoms with E-state index in [9.17, 15) is 9.90 Å². The summed E-state index contributed by atoms with van der Waals surface area (Å²) in [6.07, 6.45) is 3.94. The van der Waals surface area contributed by atoms with Crippen LogP contribution in [0, 0.1) is 0 Å². The maximum absolute atomic E-state index is 11.6. The number of benzene rings is 1. The van der Waals surface area contributed by atoms with E-state index >= 15 is 0 Å². The maximum Gasteiger partial charge on any atom is 0.407 e. The molecule has 0 bridgehead atoms. The first kappa shape index (κ1) is 24.8. The van der Waals surface area contributed by atoms with Crippen molar-refractivity contribution in [3.05, 3.63) is 42.9 Å². The van der Waals surface area contributed by atoms with Gasteiger partial charge in [0.1, 0.15) is 18.2 Å². The van der Waals surface area contributed by atoms with Gasteiger partial charge in [-0.15, -0.1) is 0 Å². The Kier molecular flexibility index (Phi) is 6.69. The van der Waals surface area contributed by atoms with Crippen molar-refractivity contribution in [2.24, 2.45) is 0 Å². The molecule has 0 spiro atoms. The maximum atomic E-state index is 11.6. The van der Waals surface area contributed by atoms with Gasteiger partial charge in [-0.1, -0.05) is 0 Å². The molecular weight excluding hydrogens is 462 g/mol. The lowest BCUT2D eigenvalue weighted by atomic mass is 10.0. The smallest absolute Gasteiger partial charge is 0.407 e. The minimum atomic E-state index is -0.996. The second kappa shape index (κ2) is 9.73. The molecule has 4 aromatic rings. The zero-order chi connectivity index (χ0) is 26.0. The molecule has 3 heterocycles. The third-order valence-corrected chi connectivity index (χ3v) is 5.85. The Hall–Kier alpha value is -4.34. The van der Waals surface area contributed by atoms with Gasteiger partial charge in [-0.25, -0.2) is 9.78 Å². The van der Waals surface area contributed by atoms with Crippen LogP contribution in [0.2, 0.25) is 0 Å². The molecule has 1 amide bonds. The number of anilines is 1. The van der Waals surface area contributed by atoms with Gasteiger partial charge in [-0.3, -0.25) is 9.97 Å². The van der Waals surface area contributed by atoms with Crippen LogP contribution >= 0.6 is 0 Å². The second-order valence-electron chi connectivity index (χ2n) is 9.20. The summed E-state index contributed by atoms with van der Waals surface area (Å²) in [5.74, 6) is 2.00. The zero-order valence-electron chi connectivity index (χ0n) is 20.9. The van der Waals surface area contributed by atoms with E-state index < -0.39 is 11.6 Å². The quantitative estimate of drug-likeness (QED) is 0.356. The summed E-state index contributed by atoms with van der Waals surface area (Å²) in [5.41, 5.74) is 7.83. The zero-order valence-corrected chi connectivity index (χ0v) is 20.9. The first-order valence-corrected chi connectivity index (χ1v) is 11.3. The van der Waals surface area contributed by atoms with Crippen molar-refractivity contribution in [3.8, 4) is 28.5 Å². The summed E-state index contributed by atoms with van der Waals surface area (Å²) >= 11 is 0. The average Bonchev–Trinajstić information content (AvgIpc) is 2.84. The number of fused-ring (bicyclic) bond motifs is 3. The average molecular weight is 492 g/mol. The van der Waals surface area contributed by atoms with Crippen molar-refractivity contribution in [2.75, 3.05) is 33.1 Å². The van der Waals surface area contributed by atoms with Gasteiger partial charge < -0.3 is 30.0 Å². The van der Waals surface area contributed by atoms with E-state index in [0.29, 0.717) is 34.3 Å². The Morgan fingerprint density at radius 3 is 2.39 bits per heavy atom. The third-order valence-electron chi connectivity index (χ3n) is 5.85. The van der Waals surface area contributed by atoms with E-state index in [1.807, 2.05) is 39.0 Å². The normalized spacial score (nSPS) is 11.5. The molecule has 10 nitrogen and oxygen atoms in total. The second-order valence-corrected chi connectivity index (χ2v) is 9.20. The van der Waals surface area contributed by atoms with Crippen LogP contribution in [0.25, 0.3) is 32.9 Å². The summed E-state index contributed by atoms with van der Waals surface area (Å²) in [4.78, 5) is 26.2. The number of methoxy groups -OCH3 is 2. The summed E-state index contributed by atoms with van der Waals surface area (Å²) in [5, 5.41) is 11.9. The van der Waals surface area contributed by atoms with Gasteiger partial charge in [0.05, 0.1) is 38.2 Å². The molecule has 36 heavy (non-hydrogen) atoms. The molecule has 4 rings (SSSR count). The first-order valence-electron chi connectivity index (χ1n) is 11.3. The molecule has 0 radical (unpaired) electrons. The number of carbonyl (C=O) groups is 1. The lowest BCUT2D eigenvalue weighted by Crippen LogP contribution is -2.46. The van der Waals surface area contributed by atoms with Gasteiger partial charge >= 0.3 is 6.09 Å². The number of hydrogen-bond acceptors (Lipinski definition) is 8. The van der Waals surface area contributed by atoms with Gasteiger partial charge in [-0.2, -0.15) is 0 Å². The topological polar surface area (TPSA) is 133 Å². The van der Waals surface area contributed by atoms with Crippen molar-refractivity contribution in [3.63, 3.8) is 0 Å². The molecule has 0 fully saturated rings. The van der Waals surface area contributed by atoms with Crippen molar-refractivity contribution < 1.29 is 24.1 Å². The monoisotopic (exact) mass is 491 g/mol. The van der Waals surface area contributed by atoms with E-state index in [0.717, 1.165) is 21.7 Å². The number of rotatable bonds is 7. The molecule has 3 aromatic heterocycles. The molecule has 3 N–H and O–H groups in total. The Bertz CT molecular complexity index is 1430. The predicted octanol–water partition coefficient (Wildman–Crippen LogP) is 4.60. The summed E-state index contributed by atoms with van der Waals surface area (Å²) in [6, 6.07) is 7.41. The molecule has 0 aliphatic carbocycles. The Morgan fingerprint density at radius 1 is 1.00 bits per heavy atom. The largest absolute Gasteiger partial charge is 0.493 e. The molecule has 1 aromatic carbocycles. The van der Waals surface area contributed by atoms with Gasteiger partial charge in [0.2, 0.25) is 0 Å². The van der Waals surface area contributed by atoms with Gasteiger partial charge in [0.15, 0.2) is 11.5 Å². The number of nitrogen functional groups attached to an aromatic ring is 1. The first-order chi connectivity index (χ1) is 17.1. The number of nitrogens with zero attached hydrogens (tertiary/aromatic N) is 4. The molecule has 0 saturated heterocycles. The van der Waals surface area contributed by atoms with Crippen LogP contribution in [-0.4, -0.2) is 64.0 Å². The SMILES string of the molecule is COc1cc2ncc3c(N)nc(-c4cncc(OCCN(C(=O)O)C(C)(C)C)c4)cc3c2cc1OC. The number of amides is 1. The molecule has 0 aliphatic heterocycles. The van der Waals surface area contributed by atoms with E-state index in [1.165, 1.54) is 4.90 Å². The highest BCUT2D eigenvalue weighted by Gasteiger charge is 2.25. The number of hydrogen-bond donors (Lipinski definition) is 2. The lowest BCUT2D eigenvalue weighted by molar-refractivity contribution is 0.0892. The van der Waals surface area contributed by atoms with Crippen molar-refractivity contribution >= 4 is 33.6 Å². The summed E-state index contributed by atoms with van der Waals surface area (Å²) < 4.78 is 16.7. The van der Waals surface area contributed by atoms with E-state index in [1.54, 1.807) is 38.9 Å². The standard InChI is InChI=1S/C26H29N5O5/c1-26(2,3)31(25(32)33)6-7-36-16-8-15(12-28-13-16)20-9-17-18-10-22(34-4)23(35-5)11-21(18)29-14-19(17)24(27)30-20/h8-14H,6-7H2,1-5H3,(H2,27,30)(H,32,33). The van der Waals surface area contributed by atoms with Crippen LogP contribution in [0.4, 0.5) is 10.6 Å². The Morgan fingerprint density at radius 2 is 1.72 bits per heavy atom. The Labute approximate surface area is 208 Å². The number of carboxylic acid groups (broad SMARTS) is 1. The fraction of sp³-hybridized carbons (Fsp3) is 0.308. The highest BCUT2D eigenvalue weighted by atomic mass is 16.5. The van der Waals surface area contributed by atoms with Crippen LogP contribution < -0.4 is 19.9 Å². The fourth-order valence-corrected chi connectivity index (χ4v) is 4.02. The van der Waals surface area contributed by atoms with Crippen LogP contribution in [-0.2, 0) is 0 Å². The molecule has 0 aliphatic rings. The lowest BCUT2D eigenvalue weighted by Gasteiger charge is -2.32.